The van der Waals surface area contributed by atoms with Crippen LogP contribution in [0.25, 0.3) is 0 Å². The number of nitrogens with one attached hydrogen (secondary N) is 1. The maximum absolute atomic E-state index is 12.0. The van der Waals surface area contributed by atoms with E-state index in [1.165, 1.54) is 16.9 Å². The summed E-state index contributed by atoms with van der Waals surface area (Å²) in [4.78, 5) is 0. The first-order valence-corrected chi connectivity index (χ1v) is 8.21. The van der Waals surface area contributed by atoms with Crippen molar-refractivity contribution in [1.82, 2.24) is 14.5 Å². The molecule has 16 heavy (non-hydrogen) atoms. The Balaban J connectivity index is 3.02. The van der Waals surface area contributed by atoms with Crippen LogP contribution in [0.4, 0.5) is 0 Å². The molecule has 0 radical (unpaired) electrons. The zero-order valence-electron chi connectivity index (χ0n) is 8.94. The third kappa shape index (κ3) is 3.06. The second-order valence-electron chi connectivity index (χ2n) is 3.73. The van der Waals surface area contributed by atoms with Crippen molar-refractivity contribution in [2.24, 2.45) is 7.05 Å². The van der Waals surface area contributed by atoms with Gasteiger partial charge in [-0.05, 0) is 13.0 Å². The molecule has 0 aliphatic carbocycles. The van der Waals surface area contributed by atoms with Crippen molar-refractivity contribution in [3.63, 3.8) is 0 Å². The van der Waals surface area contributed by atoms with Gasteiger partial charge in [0.25, 0.3) is 10.0 Å². The average molecular weight is 375 g/mol. The van der Waals surface area contributed by atoms with Crippen molar-refractivity contribution in [2.75, 3.05) is 10.7 Å². The SMILES string of the molecule is Cn1nccc1S(=O)(=O)NC(C)(CBr)CBr. The van der Waals surface area contributed by atoms with E-state index in [0.29, 0.717) is 10.7 Å². The fourth-order valence-corrected chi connectivity index (χ4v) is 4.21. The molecule has 1 aromatic rings. The molecule has 0 aliphatic rings. The number of hydrogen-bond acceptors (Lipinski definition) is 3. The topological polar surface area (TPSA) is 64.0 Å². The fourth-order valence-electron chi connectivity index (χ4n) is 1.09. The standard InChI is InChI=1S/C8H13Br2N3O2S/c1-8(5-9,6-10)12-16(14,15)7-3-4-11-13(7)2/h3-4,12H,5-6H2,1-2H3. The summed E-state index contributed by atoms with van der Waals surface area (Å²) in [6.45, 7) is 1.81. The van der Waals surface area contributed by atoms with Crippen molar-refractivity contribution in [3.8, 4) is 0 Å². The monoisotopic (exact) mass is 373 g/mol. The highest BCUT2D eigenvalue weighted by atomic mass is 79.9. The summed E-state index contributed by atoms with van der Waals surface area (Å²) in [5, 5.41) is 5.02. The summed E-state index contributed by atoms with van der Waals surface area (Å²) in [6, 6.07) is 1.46. The van der Waals surface area contributed by atoms with E-state index in [2.05, 4.69) is 41.7 Å². The van der Waals surface area contributed by atoms with E-state index in [4.69, 9.17) is 0 Å². The van der Waals surface area contributed by atoms with Gasteiger partial charge in [-0.25, -0.2) is 13.1 Å². The number of halogens is 2. The smallest absolute Gasteiger partial charge is 0.256 e. The van der Waals surface area contributed by atoms with E-state index >= 15 is 0 Å². The van der Waals surface area contributed by atoms with Crippen LogP contribution in [0.1, 0.15) is 6.92 Å². The Morgan fingerprint density at radius 2 is 2.06 bits per heavy atom. The Morgan fingerprint density at radius 1 is 1.50 bits per heavy atom. The molecule has 0 aromatic carbocycles. The van der Waals surface area contributed by atoms with Gasteiger partial charge >= 0.3 is 0 Å². The molecule has 0 amide bonds. The van der Waals surface area contributed by atoms with Gasteiger partial charge < -0.3 is 0 Å². The molecular formula is C8H13Br2N3O2S. The molecule has 0 atom stereocenters. The first-order chi connectivity index (χ1) is 7.34. The predicted octanol–water partition coefficient (Wildman–Crippen LogP) is 1.25. The van der Waals surface area contributed by atoms with Crippen LogP contribution < -0.4 is 4.72 Å². The summed E-state index contributed by atoms with van der Waals surface area (Å²) in [7, 11) is -1.95. The Kier molecular flexibility index (Phi) is 4.56. The van der Waals surface area contributed by atoms with Crippen molar-refractivity contribution in [3.05, 3.63) is 12.3 Å². The largest absolute Gasteiger partial charge is 0.258 e. The number of hydrogen-bond donors (Lipinski definition) is 1. The van der Waals surface area contributed by atoms with Gasteiger partial charge in [-0.2, -0.15) is 5.10 Å². The molecule has 1 heterocycles. The molecule has 0 spiro atoms. The lowest BCUT2D eigenvalue weighted by molar-refractivity contribution is 0.500. The minimum absolute atomic E-state index is 0.153. The lowest BCUT2D eigenvalue weighted by Gasteiger charge is -2.25. The highest BCUT2D eigenvalue weighted by Gasteiger charge is 2.30. The number of aromatic nitrogens is 2. The predicted molar refractivity (Wildman–Crippen MR) is 69.5 cm³/mol. The molecular weight excluding hydrogens is 362 g/mol. The number of aryl methyl sites for hydroxylation is 1. The molecule has 1 rings (SSSR count). The van der Waals surface area contributed by atoms with Gasteiger partial charge in [0, 0.05) is 23.2 Å². The van der Waals surface area contributed by atoms with E-state index in [9.17, 15) is 8.42 Å². The second-order valence-corrected chi connectivity index (χ2v) is 6.48. The first-order valence-electron chi connectivity index (χ1n) is 4.48. The van der Waals surface area contributed by atoms with Crippen LogP contribution in [0.15, 0.2) is 17.3 Å². The quantitative estimate of drug-likeness (QED) is 0.789. The summed E-state index contributed by atoms with van der Waals surface area (Å²) < 4.78 is 28.0. The van der Waals surface area contributed by atoms with Crippen LogP contribution in [0.3, 0.4) is 0 Å². The molecule has 5 nitrogen and oxygen atoms in total. The van der Waals surface area contributed by atoms with Crippen LogP contribution in [0.5, 0.6) is 0 Å². The molecule has 0 aliphatic heterocycles. The van der Waals surface area contributed by atoms with Crippen molar-refractivity contribution in [2.45, 2.75) is 17.5 Å². The molecule has 0 unspecified atom stereocenters. The van der Waals surface area contributed by atoms with Crippen LogP contribution in [0.2, 0.25) is 0 Å². The molecule has 1 aromatic heterocycles. The molecule has 8 heteroatoms. The molecule has 0 saturated carbocycles. The van der Waals surface area contributed by atoms with Gasteiger partial charge in [-0.3, -0.25) is 4.68 Å². The molecule has 0 fully saturated rings. The van der Waals surface area contributed by atoms with Gasteiger partial charge in [0.05, 0.1) is 6.20 Å². The molecule has 0 bridgehead atoms. The van der Waals surface area contributed by atoms with Gasteiger partial charge in [0.15, 0.2) is 5.03 Å². The Bertz CT molecular complexity index is 454. The van der Waals surface area contributed by atoms with Crippen molar-refractivity contribution in [1.29, 1.82) is 0 Å². The van der Waals surface area contributed by atoms with Crippen molar-refractivity contribution < 1.29 is 8.42 Å². The summed E-state index contributed by atoms with van der Waals surface area (Å²) in [5.74, 6) is 0. The molecule has 0 saturated heterocycles. The lowest BCUT2D eigenvalue weighted by Crippen LogP contribution is -2.49. The fraction of sp³-hybridized carbons (Fsp3) is 0.625. The lowest BCUT2D eigenvalue weighted by atomic mass is 10.1. The third-order valence-electron chi connectivity index (χ3n) is 2.02. The van der Waals surface area contributed by atoms with Gasteiger partial charge in [-0.1, -0.05) is 31.9 Å². The van der Waals surface area contributed by atoms with Gasteiger partial charge in [-0.15, -0.1) is 0 Å². The zero-order valence-corrected chi connectivity index (χ0v) is 12.9. The van der Waals surface area contributed by atoms with E-state index in [1.807, 2.05) is 6.92 Å². The maximum atomic E-state index is 12.0. The minimum Gasteiger partial charge on any atom is -0.256 e. The Morgan fingerprint density at radius 3 is 2.44 bits per heavy atom. The molecule has 1 N–H and O–H groups in total. The summed E-state index contributed by atoms with van der Waals surface area (Å²) in [6.07, 6.45) is 1.45. The average Bonchev–Trinajstić information content (AvgIpc) is 2.64. The third-order valence-corrected chi connectivity index (χ3v) is 6.21. The van der Waals surface area contributed by atoms with E-state index in [1.54, 1.807) is 7.05 Å². The number of rotatable bonds is 5. The minimum atomic E-state index is -3.54. The van der Waals surface area contributed by atoms with E-state index < -0.39 is 15.6 Å². The summed E-state index contributed by atoms with van der Waals surface area (Å²) in [5.41, 5.74) is -0.566. The highest BCUT2D eigenvalue weighted by molar-refractivity contribution is 9.09. The van der Waals surface area contributed by atoms with Crippen LogP contribution >= 0.6 is 31.9 Å². The highest BCUT2D eigenvalue weighted by Crippen LogP contribution is 2.16. The first kappa shape index (κ1) is 14.1. The number of nitrogens with zero attached hydrogens (tertiary/aromatic N) is 2. The van der Waals surface area contributed by atoms with Crippen LogP contribution in [-0.4, -0.2) is 34.4 Å². The summed E-state index contributed by atoms with van der Waals surface area (Å²) >= 11 is 6.57. The van der Waals surface area contributed by atoms with Gasteiger partial charge in [0.1, 0.15) is 0 Å². The number of sulfonamides is 1. The number of alkyl halides is 2. The van der Waals surface area contributed by atoms with Crippen LogP contribution in [-0.2, 0) is 17.1 Å². The van der Waals surface area contributed by atoms with E-state index in [0.717, 1.165) is 0 Å². The van der Waals surface area contributed by atoms with Crippen molar-refractivity contribution >= 4 is 41.9 Å². The van der Waals surface area contributed by atoms with E-state index in [-0.39, 0.29) is 5.03 Å². The molecule has 92 valence electrons. The van der Waals surface area contributed by atoms with Crippen LogP contribution in [0, 0.1) is 0 Å². The Hall–Kier alpha value is 0.0800. The Labute approximate surface area is 112 Å². The zero-order chi connectivity index (χ0) is 12.4. The normalized spacial score (nSPS) is 13.0. The van der Waals surface area contributed by atoms with Gasteiger partial charge in [0.2, 0.25) is 0 Å². The second kappa shape index (κ2) is 5.16. The maximum Gasteiger partial charge on any atom is 0.258 e.